The van der Waals surface area contributed by atoms with Crippen molar-refractivity contribution < 1.29 is 19.0 Å². The molecule has 0 amide bonds. The standard InChI is InChI=1S/C33H31FN6O3/c1-18-25(14-28(41)42)30(24-12-22-5-4-10-43-31(22)27(34)13-24)29(19(2)38-18)21-6-7-23-16-40(9-8-20(23)11-21)33-26-15-37-39(3)32(26)35-17-36-33/h6-7,11-13,15,17H,4-5,8-10,14,16H2,1-3H3,(H,41,42). The van der Waals surface area contributed by atoms with E-state index in [0.29, 0.717) is 42.1 Å². The number of halogens is 1. The van der Waals surface area contributed by atoms with Crippen molar-refractivity contribution in [1.29, 1.82) is 0 Å². The number of rotatable bonds is 5. The first-order valence-electron chi connectivity index (χ1n) is 14.5. The normalized spacial score (nSPS) is 14.4. The molecule has 2 aliphatic rings. The minimum atomic E-state index is -0.958. The van der Waals surface area contributed by atoms with Gasteiger partial charge >= 0.3 is 5.97 Å². The minimum absolute atomic E-state index is 0.210. The number of fused-ring (bicyclic) bond motifs is 3. The van der Waals surface area contributed by atoms with Crippen LogP contribution in [0.2, 0.25) is 0 Å². The van der Waals surface area contributed by atoms with Crippen molar-refractivity contribution >= 4 is 22.8 Å². The summed E-state index contributed by atoms with van der Waals surface area (Å²) in [6.07, 6.45) is 5.50. The van der Waals surface area contributed by atoms with Gasteiger partial charge in [-0.2, -0.15) is 5.10 Å². The third-order valence-electron chi connectivity index (χ3n) is 8.57. The molecule has 5 heterocycles. The fourth-order valence-electron chi connectivity index (χ4n) is 6.60. The van der Waals surface area contributed by atoms with Crippen LogP contribution in [0.15, 0.2) is 42.9 Å². The van der Waals surface area contributed by atoms with Crippen LogP contribution in [-0.4, -0.2) is 49.0 Å². The lowest BCUT2D eigenvalue weighted by atomic mass is 9.85. The molecule has 1 N–H and O–H groups in total. The summed E-state index contributed by atoms with van der Waals surface area (Å²) in [6.45, 7) is 5.71. The van der Waals surface area contributed by atoms with E-state index in [9.17, 15) is 9.90 Å². The van der Waals surface area contributed by atoms with Gasteiger partial charge in [0.15, 0.2) is 17.2 Å². The van der Waals surface area contributed by atoms with Crippen molar-refractivity contribution in [2.24, 2.45) is 7.05 Å². The van der Waals surface area contributed by atoms with Gasteiger partial charge in [0.25, 0.3) is 0 Å². The molecule has 0 atom stereocenters. The Labute approximate surface area is 248 Å². The van der Waals surface area contributed by atoms with E-state index in [0.717, 1.165) is 64.2 Å². The number of pyridine rings is 1. The number of aromatic nitrogens is 5. The van der Waals surface area contributed by atoms with Crippen molar-refractivity contribution in [2.75, 3.05) is 18.1 Å². The Morgan fingerprint density at radius 2 is 1.86 bits per heavy atom. The second-order valence-electron chi connectivity index (χ2n) is 11.3. The van der Waals surface area contributed by atoms with Crippen molar-refractivity contribution in [3.05, 3.63) is 82.3 Å². The summed E-state index contributed by atoms with van der Waals surface area (Å²) in [7, 11) is 1.87. The van der Waals surface area contributed by atoms with Crippen molar-refractivity contribution in [2.45, 2.75) is 46.1 Å². The molecule has 5 aromatic rings. The summed E-state index contributed by atoms with van der Waals surface area (Å²) in [5.74, 6) is -0.222. The second-order valence-corrected chi connectivity index (χ2v) is 11.3. The monoisotopic (exact) mass is 578 g/mol. The highest BCUT2D eigenvalue weighted by Gasteiger charge is 2.26. The molecule has 0 saturated carbocycles. The first kappa shape index (κ1) is 27.0. The molecule has 9 nitrogen and oxygen atoms in total. The minimum Gasteiger partial charge on any atom is -0.490 e. The average molecular weight is 579 g/mol. The molecule has 0 fully saturated rings. The Hall–Kier alpha value is -4.86. The van der Waals surface area contributed by atoms with E-state index >= 15 is 4.39 Å². The zero-order valence-corrected chi connectivity index (χ0v) is 24.3. The number of anilines is 1. The molecule has 7 rings (SSSR count). The molecule has 0 spiro atoms. The third-order valence-corrected chi connectivity index (χ3v) is 8.57. The van der Waals surface area contributed by atoms with Gasteiger partial charge < -0.3 is 14.7 Å². The van der Waals surface area contributed by atoms with E-state index in [4.69, 9.17) is 9.72 Å². The maximum absolute atomic E-state index is 15.4. The summed E-state index contributed by atoms with van der Waals surface area (Å²) in [4.78, 5) is 28.0. The van der Waals surface area contributed by atoms with Crippen LogP contribution in [0.4, 0.5) is 10.2 Å². The quantitative estimate of drug-likeness (QED) is 0.297. The van der Waals surface area contributed by atoms with Crippen LogP contribution in [-0.2, 0) is 37.6 Å². The number of aryl methyl sites for hydroxylation is 4. The van der Waals surface area contributed by atoms with Gasteiger partial charge in [-0.15, -0.1) is 0 Å². The van der Waals surface area contributed by atoms with E-state index in [1.54, 1.807) is 11.0 Å². The number of carboxylic acid groups (broad SMARTS) is 1. The summed E-state index contributed by atoms with van der Waals surface area (Å²) < 4.78 is 22.8. The summed E-state index contributed by atoms with van der Waals surface area (Å²) in [5, 5.41) is 15.1. The Kier molecular flexibility index (Phi) is 6.56. The van der Waals surface area contributed by atoms with Gasteiger partial charge in [0.2, 0.25) is 0 Å². The highest BCUT2D eigenvalue weighted by Crippen LogP contribution is 2.42. The molecule has 218 valence electrons. The number of hydrogen-bond donors (Lipinski definition) is 1. The van der Waals surface area contributed by atoms with Gasteiger partial charge in [-0.05, 0) is 84.2 Å². The molecule has 0 saturated heterocycles. The predicted molar refractivity (Wildman–Crippen MR) is 161 cm³/mol. The van der Waals surface area contributed by atoms with Crippen LogP contribution < -0.4 is 9.64 Å². The number of ether oxygens (including phenoxy) is 1. The predicted octanol–water partition coefficient (Wildman–Crippen LogP) is 5.36. The van der Waals surface area contributed by atoms with Crippen molar-refractivity contribution in [3.8, 4) is 28.0 Å². The first-order chi connectivity index (χ1) is 20.8. The molecule has 0 unspecified atom stereocenters. The molecule has 43 heavy (non-hydrogen) atoms. The lowest BCUT2D eigenvalue weighted by Crippen LogP contribution is -2.31. The largest absolute Gasteiger partial charge is 0.490 e. The zero-order valence-electron chi connectivity index (χ0n) is 24.3. The van der Waals surface area contributed by atoms with Gasteiger partial charge in [-0.1, -0.05) is 18.2 Å². The third kappa shape index (κ3) is 4.67. The SMILES string of the molecule is Cc1nc(C)c(-c2ccc3c(c2)CCN(c2ncnc4c2cnn4C)C3)c(-c2cc(F)c3c(c2)CCCO3)c1CC(=O)O. The molecule has 10 heteroatoms. The molecule has 0 bridgehead atoms. The number of hydrogen-bond acceptors (Lipinski definition) is 7. The smallest absolute Gasteiger partial charge is 0.307 e. The number of benzene rings is 2. The second kappa shape index (κ2) is 10.4. The van der Waals surface area contributed by atoms with Gasteiger partial charge in [0.05, 0.1) is 24.6 Å². The van der Waals surface area contributed by atoms with E-state index < -0.39 is 11.8 Å². The van der Waals surface area contributed by atoms with E-state index in [2.05, 4.69) is 38.2 Å². The number of carbonyl (C=O) groups is 1. The molecule has 0 radical (unpaired) electrons. The van der Waals surface area contributed by atoms with E-state index in [1.165, 1.54) is 17.2 Å². The Morgan fingerprint density at radius 3 is 2.70 bits per heavy atom. The Balaban J connectivity index is 1.33. The summed E-state index contributed by atoms with van der Waals surface area (Å²) in [5.41, 5.74) is 9.13. The van der Waals surface area contributed by atoms with Crippen LogP contribution >= 0.6 is 0 Å². The molecule has 2 aromatic carbocycles. The highest BCUT2D eigenvalue weighted by atomic mass is 19.1. The lowest BCUT2D eigenvalue weighted by molar-refractivity contribution is -0.136. The van der Waals surface area contributed by atoms with Crippen LogP contribution in [0.5, 0.6) is 5.75 Å². The highest BCUT2D eigenvalue weighted by molar-refractivity contribution is 5.91. The number of carboxylic acids is 1. The summed E-state index contributed by atoms with van der Waals surface area (Å²) >= 11 is 0. The van der Waals surface area contributed by atoms with Gasteiger partial charge in [0.1, 0.15) is 12.1 Å². The fourth-order valence-corrected chi connectivity index (χ4v) is 6.60. The lowest BCUT2D eigenvalue weighted by Gasteiger charge is -2.30. The molecule has 0 aliphatic carbocycles. The van der Waals surface area contributed by atoms with Crippen LogP contribution in [0.3, 0.4) is 0 Å². The van der Waals surface area contributed by atoms with Crippen LogP contribution in [0.1, 0.15) is 40.1 Å². The van der Waals surface area contributed by atoms with E-state index in [1.807, 2.05) is 33.2 Å². The van der Waals surface area contributed by atoms with Crippen molar-refractivity contribution in [3.63, 3.8) is 0 Å². The topological polar surface area (TPSA) is 106 Å². The number of nitrogens with zero attached hydrogens (tertiary/aromatic N) is 6. The maximum atomic E-state index is 15.4. The first-order valence-corrected chi connectivity index (χ1v) is 14.5. The van der Waals surface area contributed by atoms with Gasteiger partial charge in [0, 0.05) is 37.1 Å². The fraction of sp³-hybridized carbons (Fsp3) is 0.303. The van der Waals surface area contributed by atoms with Crippen LogP contribution in [0, 0.1) is 19.7 Å². The van der Waals surface area contributed by atoms with Crippen molar-refractivity contribution in [1.82, 2.24) is 24.7 Å². The molecular formula is C33H31FN6O3. The zero-order chi connectivity index (χ0) is 29.8. The average Bonchev–Trinajstić information content (AvgIpc) is 3.38. The van der Waals surface area contributed by atoms with Gasteiger partial charge in [-0.25, -0.2) is 14.4 Å². The number of aliphatic carboxylic acids is 1. The van der Waals surface area contributed by atoms with Gasteiger partial charge in [-0.3, -0.25) is 14.5 Å². The van der Waals surface area contributed by atoms with Crippen LogP contribution in [0.25, 0.3) is 33.3 Å². The van der Waals surface area contributed by atoms with E-state index in [-0.39, 0.29) is 6.42 Å². The molecular weight excluding hydrogens is 547 g/mol. The Morgan fingerprint density at radius 1 is 1.02 bits per heavy atom. The molecule has 3 aromatic heterocycles. The maximum Gasteiger partial charge on any atom is 0.307 e. The molecule has 2 aliphatic heterocycles. The summed E-state index contributed by atoms with van der Waals surface area (Å²) in [6, 6.07) is 9.80. The Bertz CT molecular complexity index is 1930.